The molecule has 0 aliphatic heterocycles. The second-order valence-electron chi connectivity index (χ2n) is 10.1. The Morgan fingerprint density at radius 1 is 0.814 bits per heavy atom. The van der Waals surface area contributed by atoms with Crippen LogP contribution in [0, 0.1) is 0 Å². The minimum Gasteiger partial charge on any atom is -0.340 e. The Balaban J connectivity index is 1.52. The number of likely N-dealkylation sites (N-methyl/N-ethyl adjacent to an activating group) is 1. The summed E-state index contributed by atoms with van der Waals surface area (Å²) in [4.78, 5) is 15.5. The van der Waals surface area contributed by atoms with E-state index < -0.39 is 23.5 Å². The van der Waals surface area contributed by atoms with Crippen molar-refractivity contribution in [2.45, 2.75) is 31.7 Å². The number of alkyl halides is 6. The number of fused-ring (bicyclic) bond motifs is 1. The van der Waals surface area contributed by atoms with E-state index in [1.54, 1.807) is 6.07 Å². The Morgan fingerprint density at radius 3 is 2.21 bits per heavy atom. The minimum absolute atomic E-state index is 0.1000. The Bertz CT molecular complexity index is 1700. The molecular weight excluding hydrogens is 568 g/mol. The third-order valence-corrected chi connectivity index (χ3v) is 7.24. The normalized spacial score (nSPS) is 13.0. The molecule has 2 heterocycles. The van der Waals surface area contributed by atoms with E-state index >= 15 is 0 Å². The van der Waals surface area contributed by atoms with Gasteiger partial charge in [-0.25, -0.2) is 9.97 Å². The van der Waals surface area contributed by atoms with E-state index in [1.807, 2.05) is 37.4 Å². The summed E-state index contributed by atoms with van der Waals surface area (Å²) in [5.74, 6) is 0.741. The average molecular weight is 596 g/mol. The van der Waals surface area contributed by atoms with Gasteiger partial charge in [-0.1, -0.05) is 36.4 Å². The van der Waals surface area contributed by atoms with Crippen molar-refractivity contribution in [2.75, 3.05) is 18.9 Å². The lowest BCUT2D eigenvalue weighted by Gasteiger charge is -2.25. The Morgan fingerprint density at radius 2 is 1.53 bits per heavy atom. The number of nitrogens with zero attached hydrogens (tertiary/aromatic N) is 4. The number of aromatic nitrogens is 3. The fourth-order valence-corrected chi connectivity index (χ4v) is 4.73. The van der Waals surface area contributed by atoms with Crippen molar-refractivity contribution < 1.29 is 26.3 Å². The van der Waals surface area contributed by atoms with Crippen molar-refractivity contribution >= 4 is 22.4 Å². The Kier molecular flexibility index (Phi) is 8.36. The third-order valence-electron chi connectivity index (χ3n) is 7.24. The van der Waals surface area contributed by atoms with Gasteiger partial charge in [0.15, 0.2) is 0 Å². The molecule has 0 aliphatic rings. The van der Waals surface area contributed by atoms with Gasteiger partial charge in [-0.05, 0) is 68.1 Å². The smallest absolute Gasteiger partial charge is 0.340 e. The van der Waals surface area contributed by atoms with Crippen LogP contribution in [0.1, 0.15) is 35.5 Å². The van der Waals surface area contributed by atoms with E-state index in [4.69, 9.17) is 0 Å². The number of nitrogens with one attached hydrogen (secondary N) is 1. The van der Waals surface area contributed by atoms with Crippen LogP contribution in [0.4, 0.5) is 37.8 Å². The van der Waals surface area contributed by atoms with Crippen molar-refractivity contribution in [3.8, 4) is 11.3 Å². The van der Waals surface area contributed by atoms with Gasteiger partial charge in [-0.2, -0.15) is 26.3 Å². The van der Waals surface area contributed by atoms with Crippen molar-refractivity contribution in [1.82, 2.24) is 19.9 Å². The zero-order chi connectivity index (χ0) is 30.8. The van der Waals surface area contributed by atoms with Crippen molar-refractivity contribution in [2.24, 2.45) is 0 Å². The maximum Gasteiger partial charge on any atom is 0.418 e. The van der Waals surface area contributed by atoms with Gasteiger partial charge in [-0.3, -0.25) is 9.88 Å². The van der Waals surface area contributed by atoms with Crippen LogP contribution in [0.25, 0.3) is 22.2 Å². The van der Waals surface area contributed by atoms with Gasteiger partial charge in [0, 0.05) is 41.8 Å². The van der Waals surface area contributed by atoms with Crippen LogP contribution in [0.3, 0.4) is 0 Å². The van der Waals surface area contributed by atoms with Gasteiger partial charge >= 0.3 is 12.4 Å². The summed E-state index contributed by atoms with van der Waals surface area (Å²) in [5, 5.41) is 3.56. The molecule has 3 aromatic carbocycles. The highest BCUT2D eigenvalue weighted by atomic mass is 19.4. The number of hydrogen-bond acceptors (Lipinski definition) is 5. The summed E-state index contributed by atoms with van der Waals surface area (Å²) >= 11 is 0. The van der Waals surface area contributed by atoms with Gasteiger partial charge in [0.25, 0.3) is 0 Å². The molecule has 222 valence electrons. The Hall–Kier alpha value is -4.51. The molecule has 5 nitrogen and oxygen atoms in total. The molecule has 0 radical (unpaired) electrons. The molecule has 0 fully saturated rings. The molecule has 0 amide bonds. The number of anilines is 2. The van der Waals surface area contributed by atoms with Gasteiger partial charge in [0.1, 0.15) is 11.6 Å². The first-order chi connectivity index (χ1) is 20.4. The van der Waals surface area contributed by atoms with Crippen LogP contribution in [0.15, 0.2) is 91.1 Å². The summed E-state index contributed by atoms with van der Waals surface area (Å²) in [6.07, 6.45) is -7.38. The molecule has 0 aliphatic carbocycles. The molecule has 0 spiro atoms. The molecule has 5 aromatic rings. The van der Waals surface area contributed by atoms with Crippen molar-refractivity contribution in [3.63, 3.8) is 0 Å². The average Bonchev–Trinajstić information content (AvgIpc) is 2.99. The maximum absolute atomic E-state index is 13.7. The third kappa shape index (κ3) is 6.94. The summed E-state index contributed by atoms with van der Waals surface area (Å²) < 4.78 is 80.4. The quantitative estimate of drug-likeness (QED) is 0.182. The monoisotopic (exact) mass is 595 g/mol. The zero-order valence-electron chi connectivity index (χ0n) is 23.2. The highest BCUT2D eigenvalue weighted by Gasteiger charge is 2.34. The van der Waals surface area contributed by atoms with Crippen LogP contribution in [0.5, 0.6) is 0 Å². The lowest BCUT2D eigenvalue weighted by molar-refractivity contribution is -0.138. The Labute approximate surface area is 244 Å². The lowest BCUT2D eigenvalue weighted by atomic mass is 10.0. The second-order valence-corrected chi connectivity index (χ2v) is 10.1. The molecule has 1 N–H and O–H groups in total. The van der Waals surface area contributed by atoms with E-state index in [0.29, 0.717) is 41.2 Å². The summed E-state index contributed by atoms with van der Waals surface area (Å²) in [5.41, 5.74) is 0.197. The first kappa shape index (κ1) is 30.0. The fraction of sp³-hybridized carbons (Fsp3) is 0.219. The van der Waals surface area contributed by atoms with E-state index in [9.17, 15) is 26.3 Å². The molecule has 0 bridgehead atoms. The standard InChI is InChI=1S/C32H27F6N5/c1-20(21-7-4-3-5-8-21)43(2)18-16-28-41-27-19-22(29-26(32(36,37)38)9-6-17-39-29)10-15-25(27)30(42-28)40-24-13-11-23(12-14-24)31(33,34)35/h3-15,17,19-20H,16,18H2,1-2H3,(H,40,41,42). The molecular formula is C32H27F6N5. The first-order valence-corrected chi connectivity index (χ1v) is 13.4. The predicted octanol–water partition coefficient (Wildman–Crippen LogP) is 8.71. The fourth-order valence-electron chi connectivity index (χ4n) is 4.73. The highest BCUT2D eigenvalue weighted by Crippen LogP contribution is 2.37. The topological polar surface area (TPSA) is 53.9 Å². The van der Waals surface area contributed by atoms with Gasteiger partial charge in [0.05, 0.1) is 22.3 Å². The summed E-state index contributed by atoms with van der Waals surface area (Å²) in [7, 11) is 1.97. The number of rotatable bonds is 8. The lowest BCUT2D eigenvalue weighted by Crippen LogP contribution is -2.25. The molecule has 11 heteroatoms. The first-order valence-electron chi connectivity index (χ1n) is 13.4. The van der Waals surface area contributed by atoms with E-state index in [-0.39, 0.29) is 17.3 Å². The summed E-state index contributed by atoms with van der Waals surface area (Å²) in [6.45, 7) is 2.64. The van der Waals surface area contributed by atoms with Crippen LogP contribution in [-0.2, 0) is 18.8 Å². The predicted molar refractivity (Wildman–Crippen MR) is 154 cm³/mol. The van der Waals surface area contributed by atoms with Crippen LogP contribution >= 0.6 is 0 Å². The second kappa shape index (κ2) is 12.0. The van der Waals surface area contributed by atoms with Gasteiger partial charge in [-0.15, -0.1) is 0 Å². The number of benzene rings is 3. The highest BCUT2D eigenvalue weighted by molar-refractivity contribution is 5.93. The zero-order valence-corrected chi connectivity index (χ0v) is 23.2. The van der Waals surface area contributed by atoms with E-state index in [1.165, 1.54) is 36.5 Å². The number of hydrogen-bond donors (Lipinski definition) is 1. The SMILES string of the molecule is CC(c1ccccc1)N(C)CCc1nc(Nc2ccc(C(F)(F)F)cc2)c2ccc(-c3ncccc3C(F)(F)F)cc2n1. The maximum atomic E-state index is 13.7. The van der Waals surface area contributed by atoms with Crippen LogP contribution < -0.4 is 5.32 Å². The molecule has 1 atom stereocenters. The van der Waals surface area contributed by atoms with Crippen LogP contribution in [0.2, 0.25) is 0 Å². The van der Waals surface area contributed by atoms with E-state index in [2.05, 4.69) is 32.1 Å². The largest absolute Gasteiger partial charge is 0.418 e. The summed E-state index contributed by atoms with van der Waals surface area (Å²) in [6, 6.07) is 21.4. The molecule has 43 heavy (non-hydrogen) atoms. The molecule has 1 unspecified atom stereocenters. The van der Waals surface area contributed by atoms with E-state index in [0.717, 1.165) is 23.8 Å². The molecule has 5 rings (SSSR count). The van der Waals surface area contributed by atoms with Crippen molar-refractivity contribution in [1.29, 1.82) is 0 Å². The minimum atomic E-state index is -4.61. The van der Waals surface area contributed by atoms with Crippen molar-refractivity contribution in [3.05, 3.63) is 114 Å². The molecule has 2 aromatic heterocycles. The molecule has 0 saturated heterocycles. The van der Waals surface area contributed by atoms with Gasteiger partial charge < -0.3 is 5.32 Å². The number of pyridine rings is 1. The number of halogens is 6. The van der Waals surface area contributed by atoms with Crippen LogP contribution in [-0.4, -0.2) is 33.4 Å². The molecule has 0 saturated carbocycles. The van der Waals surface area contributed by atoms with Gasteiger partial charge in [0.2, 0.25) is 0 Å².